The number of nitrogens with zero attached hydrogens (tertiary/aromatic N) is 1. The molecule has 0 fully saturated rings. The second-order valence-electron chi connectivity index (χ2n) is 2.49. The number of oxime groups is 1. The lowest BCUT2D eigenvalue weighted by atomic mass is 10.1. The van der Waals surface area contributed by atoms with Crippen LogP contribution in [-0.4, -0.2) is 20.4 Å². The molecule has 0 radical (unpaired) electrons. The van der Waals surface area contributed by atoms with Crippen molar-refractivity contribution in [3.05, 3.63) is 29.8 Å². The molecule has 0 spiro atoms. The molecule has 0 N–H and O–H groups in total. The summed E-state index contributed by atoms with van der Waals surface area (Å²) < 4.78 is 5.17. The number of ether oxygens (including phenoxy) is 1. The average Bonchev–Trinajstić information content (AvgIpc) is 2.19. The maximum absolute atomic E-state index is 5.17. The Hall–Kier alpha value is -1.51. The summed E-state index contributed by atoms with van der Waals surface area (Å²) in [6.07, 6.45) is 2.43. The maximum Gasteiger partial charge on any atom is 0.122 e. The van der Waals surface area contributed by atoms with E-state index in [0.717, 1.165) is 17.7 Å². The summed E-state index contributed by atoms with van der Waals surface area (Å²) in [5, 5.41) is 3.66. The summed E-state index contributed by atoms with van der Waals surface area (Å²) in [5.74, 6) is 0.880. The van der Waals surface area contributed by atoms with Crippen molar-refractivity contribution >= 4 is 6.21 Å². The Morgan fingerprint density at radius 3 is 2.77 bits per heavy atom. The van der Waals surface area contributed by atoms with Gasteiger partial charge in [0.15, 0.2) is 0 Å². The van der Waals surface area contributed by atoms with Crippen LogP contribution in [-0.2, 0) is 11.3 Å². The minimum Gasteiger partial charge on any atom is -0.496 e. The van der Waals surface area contributed by atoms with Gasteiger partial charge in [-0.2, -0.15) is 0 Å². The quantitative estimate of drug-likeness (QED) is 0.522. The van der Waals surface area contributed by atoms with Crippen LogP contribution in [0.5, 0.6) is 5.75 Å². The van der Waals surface area contributed by atoms with Gasteiger partial charge in [0.2, 0.25) is 0 Å². The van der Waals surface area contributed by atoms with Crippen molar-refractivity contribution in [2.75, 3.05) is 14.2 Å². The molecular weight excluding hydrogens is 166 g/mol. The molecular formula is C10H13NO2. The fraction of sp³-hybridized carbons (Fsp3) is 0.300. The Morgan fingerprint density at radius 1 is 1.31 bits per heavy atom. The molecule has 0 heterocycles. The van der Waals surface area contributed by atoms with Gasteiger partial charge in [0.05, 0.1) is 7.11 Å². The third kappa shape index (κ3) is 2.78. The van der Waals surface area contributed by atoms with Crippen LogP contribution in [0.1, 0.15) is 5.56 Å². The zero-order valence-corrected chi connectivity index (χ0v) is 7.86. The fourth-order valence-corrected chi connectivity index (χ4v) is 1.08. The monoisotopic (exact) mass is 179 g/mol. The zero-order chi connectivity index (χ0) is 9.52. The van der Waals surface area contributed by atoms with Gasteiger partial charge in [-0.3, -0.25) is 0 Å². The van der Waals surface area contributed by atoms with Crippen molar-refractivity contribution in [2.45, 2.75) is 6.42 Å². The number of hydrogen-bond acceptors (Lipinski definition) is 3. The molecule has 0 atom stereocenters. The van der Waals surface area contributed by atoms with E-state index in [2.05, 4.69) is 9.99 Å². The van der Waals surface area contributed by atoms with Crippen LogP contribution >= 0.6 is 0 Å². The number of benzene rings is 1. The first-order chi connectivity index (χ1) is 6.38. The van der Waals surface area contributed by atoms with Crippen molar-refractivity contribution in [2.24, 2.45) is 5.16 Å². The van der Waals surface area contributed by atoms with E-state index in [1.807, 2.05) is 24.3 Å². The first-order valence-corrected chi connectivity index (χ1v) is 4.05. The van der Waals surface area contributed by atoms with Crippen LogP contribution in [0.3, 0.4) is 0 Å². The second kappa shape index (κ2) is 5.19. The third-order valence-corrected chi connectivity index (χ3v) is 1.68. The molecule has 0 saturated carbocycles. The molecule has 0 aliphatic heterocycles. The van der Waals surface area contributed by atoms with Crippen molar-refractivity contribution in [3.8, 4) is 5.75 Å². The fourth-order valence-electron chi connectivity index (χ4n) is 1.08. The number of rotatable bonds is 4. The summed E-state index contributed by atoms with van der Waals surface area (Å²) in [5.41, 5.74) is 1.10. The van der Waals surface area contributed by atoms with Crippen molar-refractivity contribution in [3.63, 3.8) is 0 Å². The lowest BCUT2D eigenvalue weighted by Gasteiger charge is -2.04. The van der Waals surface area contributed by atoms with E-state index >= 15 is 0 Å². The Morgan fingerprint density at radius 2 is 2.08 bits per heavy atom. The van der Waals surface area contributed by atoms with Crippen molar-refractivity contribution in [1.29, 1.82) is 0 Å². The normalized spacial score (nSPS) is 10.3. The van der Waals surface area contributed by atoms with Gasteiger partial charge < -0.3 is 9.57 Å². The second-order valence-corrected chi connectivity index (χ2v) is 2.49. The van der Waals surface area contributed by atoms with E-state index in [1.54, 1.807) is 13.3 Å². The molecule has 0 bridgehead atoms. The van der Waals surface area contributed by atoms with Gasteiger partial charge in [0.1, 0.15) is 12.9 Å². The maximum atomic E-state index is 5.17. The Bertz CT molecular complexity index is 284. The molecule has 13 heavy (non-hydrogen) atoms. The van der Waals surface area contributed by atoms with Crippen molar-refractivity contribution < 1.29 is 9.57 Å². The molecule has 0 aliphatic carbocycles. The first kappa shape index (κ1) is 9.58. The van der Waals surface area contributed by atoms with Gasteiger partial charge in [-0.05, 0) is 11.6 Å². The van der Waals surface area contributed by atoms with Crippen LogP contribution < -0.4 is 4.74 Å². The highest BCUT2D eigenvalue weighted by atomic mass is 16.6. The molecule has 1 rings (SSSR count). The standard InChI is InChI=1S/C10H13NO2/c1-12-10-6-4-3-5-9(10)7-8-11-13-2/h3-6,8H,7H2,1-2H3. The third-order valence-electron chi connectivity index (χ3n) is 1.68. The predicted molar refractivity (Wildman–Crippen MR) is 52.2 cm³/mol. The van der Waals surface area contributed by atoms with Gasteiger partial charge in [-0.25, -0.2) is 0 Å². The highest BCUT2D eigenvalue weighted by Crippen LogP contribution is 2.16. The predicted octanol–water partition coefficient (Wildman–Crippen LogP) is 1.87. The van der Waals surface area contributed by atoms with E-state index in [1.165, 1.54) is 7.11 Å². The summed E-state index contributed by atoms with van der Waals surface area (Å²) in [6.45, 7) is 0. The molecule has 3 heteroatoms. The molecule has 0 unspecified atom stereocenters. The molecule has 70 valence electrons. The van der Waals surface area contributed by atoms with E-state index in [0.29, 0.717) is 0 Å². The molecule has 0 saturated heterocycles. The van der Waals surface area contributed by atoms with Gasteiger partial charge in [0, 0.05) is 12.6 Å². The summed E-state index contributed by atoms with van der Waals surface area (Å²) in [7, 11) is 3.19. The number of para-hydroxylation sites is 1. The molecule has 1 aromatic carbocycles. The first-order valence-electron chi connectivity index (χ1n) is 4.05. The van der Waals surface area contributed by atoms with Crippen LogP contribution in [0.4, 0.5) is 0 Å². The minimum absolute atomic E-state index is 0.720. The highest BCUT2D eigenvalue weighted by molar-refractivity contribution is 5.62. The summed E-state index contributed by atoms with van der Waals surface area (Å²) in [4.78, 5) is 4.57. The van der Waals surface area contributed by atoms with Crippen LogP contribution in [0.25, 0.3) is 0 Å². The van der Waals surface area contributed by atoms with E-state index < -0.39 is 0 Å². The minimum atomic E-state index is 0.720. The number of methoxy groups -OCH3 is 1. The highest BCUT2D eigenvalue weighted by Gasteiger charge is 1.98. The molecule has 0 aromatic heterocycles. The Labute approximate surface area is 78.0 Å². The Balaban J connectivity index is 2.69. The van der Waals surface area contributed by atoms with Gasteiger partial charge in [0.25, 0.3) is 0 Å². The smallest absolute Gasteiger partial charge is 0.122 e. The van der Waals surface area contributed by atoms with Crippen LogP contribution in [0, 0.1) is 0 Å². The lowest BCUT2D eigenvalue weighted by Crippen LogP contribution is -1.92. The van der Waals surface area contributed by atoms with Gasteiger partial charge >= 0.3 is 0 Å². The van der Waals surface area contributed by atoms with Crippen LogP contribution in [0.15, 0.2) is 29.4 Å². The van der Waals surface area contributed by atoms with E-state index in [9.17, 15) is 0 Å². The lowest BCUT2D eigenvalue weighted by molar-refractivity contribution is 0.214. The largest absolute Gasteiger partial charge is 0.496 e. The van der Waals surface area contributed by atoms with E-state index in [4.69, 9.17) is 4.74 Å². The topological polar surface area (TPSA) is 30.8 Å². The summed E-state index contributed by atoms with van der Waals surface area (Å²) in [6, 6.07) is 7.84. The van der Waals surface area contributed by atoms with Gasteiger partial charge in [-0.1, -0.05) is 23.4 Å². The average molecular weight is 179 g/mol. The molecule has 1 aromatic rings. The zero-order valence-electron chi connectivity index (χ0n) is 7.86. The number of hydrogen-bond donors (Lipinski definition) is 0. The van der Waals surface area contributed by atoms with Crippen molar-refractivity contribution in [1.82, 2.24) is 0 Å². The summed E-state index contributed by atoms with van der Waals surface area (Å²) >= 11 is 0. The van der Waals surface area contributed by atoms with Crippen LogP contribution in [0.2, 0.25) is 0 Å². The molecule has 0 amide bonds. The SMILES string of the molecule is CON=CCc1ccccc1OC. The van der Waals surface area contributed by atoms with E-state index in [-0.39, 0.29) is 0 Å². The Kier molecular flexibility index (Phi) is 3.82. The molecule has 0 aliphatic rings. The molecule has 3 nitrogen and oxygen atoms in total. The van der Waals surface area contributed by atoms with Gasteiger partial charge in [-0.15, -0.1) is 0 Å².